The van der Waals surface area contributed by atoms with Crippen LogP contribution in [0.2, 0.25) is 0 Å². The number of aromatic nitrogens is 3. The van der Waals surface area contributed by atoms with Gasteiger partial charge in [-0.05, 0) is 42.3 Å². The van der Waals surface area contributed by atoms with E-state index in [0.717, 1.165) is 16.5 Å². The van der Waals surface area contributed by atoms with Crippen LogP contribution in [0.1, 0.15) is 16.9 Å². The van der Waals surface area contributed by atoms with Crippen molar-refractivity contribution in [3.05, 3.63) is 79.0 Å². The maximum absolute atomic E-state index is 12.7. The second-order valence-corrected chi connectivity index (χ2v) is 6.80. The lowest BCUT2D eigenvalue weighted by Crippen LogP contribution is -2.26. The molecule has 0 unspecified atom stereocenters. The van der Waals surface area contributed by atoms with Gasteiger partial charge in [-0.1, -0.05) is 18.2 Å². The molecule has 4 aromatic rings. The Morgan fingerprint density at radius 3 is 2.65 bits per heavy atom. The zero-order chi connectivity index (χ0) is 21.5. The molecular formula is C24H22N4O3. The Bertz CT molecular complexity index is 1180. The highest BCUT2D eigenvalue weighted by atomic mass is 16.5. The summed E-state index contributed by atoms with van der Waals surface area (Å²) >= 11 is 0. The smallest absolute Gasteiger partial charge is 0.269 e. The van der Waals surface area contributed by atoms with Crippen LogP contribution in [0.15, 0.2) is 73.3 Å². The summed E-state index contributed by atoms with van der Waals surface area (Å²) in [5, 5.41) is 3.79. The Labute approximate surface area is 180 Å². The zero-order valence-electron chi connectivity index (χ0n) is 17.1. The van der Waals surface area contributed by atoms with Crippen molar-refractivity contribution in [2.45, 2.75) is 6.42 Å². The highest BCUT2D eigenvalue weighted by Gasteiger charge is 2.13. The lowest BCUT2D eigenvalue weighted by molar-refractivity contribution is 0.0947. The van der Waals surface area contributed by atoms with Crippen LogP contribution >= 0.6 is 0 Å². The molecule has 0 radical (unpaired) electrons. The summed E-state index contributed by atoms with van der Waals surface area (Å²) in [7, 11) is 1.61. The van der Waals surface area contributed by atoms with E-state index in [4.69, 9.17) is 9.47 Å². The molecule has 156 valence electrons. The van der Waals surface area contributed by atoms with E-state index < -0.39 is 0 Å². The van der Waals surface area contributed by atoms with Crippen LogP contribution in [-0.2, 0) is 0 Å². The van der Waals surface area contributed by atoms with Crippen molar-refractivity contribution in [3.8, 4) is 22.6 Å². The van der Waals surface area contributed by atoms with E-state index in [0.29, 0.717) is 42.3 Å². The number of pyridine rings is 3. The van der Waals surface area contributed by atoms with E-state index in [9.17, 15) is 4.79 Å². The van der Waals surface area contributed by atoms with Crippen LogP contribution in [0.4, 0.5) is 0 Å². The maximum Gasteiger partial charge on any atom is 0.269 e. The Hall–Kier alpha value is -4.00. The number of carbonyl (C=O) groups excluding carboxylic acids is 1. The van der Waals surface area contributed by atoms with E-state index in [1.807, 2.05) is 36.4 Å². The first-order valence-electron chi connectivity index (χ1n) is 9.95. The predicted octanol–water partition coefficient (Wildman–Crippen LogP) is 3.90. The highest BCUT2D eigenvalue weighted by molar-refractivity contribution is 6.00. The van der Waals surface area contributed by atoms with Gasteiger partial charge in [0.1, 0.15) is 5.69 Å². The topological polar surface area (TPSA) is 86.2 Å². The van der Waals surface area contributed by atoms with Gasteiger partial charge in [0.15, 0.2) is 11.5 Å². The van der Waals surface area contributed by atoms with Gasteiger partial charge in [-0.15, -0.1) is 0 Å². The van der Waals surface area contributed by atoms with Crippen molar-refractivity contribution in [1.82, 2.24) is 20.3 Å². The number of fused-ring (bicyclic) bond motifs is 1. The number of rotatable bonds is 8. The summed E-state index contributed by atoms with van der Waals surface area (Å²) in [5.41, 5.74) is 2.84. The van der Waals surface area contributed by atoms with E-state index in [1.54, 1.807) is 44.0 Å². The third-order valence-electron chi connectivity index (χ3n) is 4.75. The quantitative estimate of drug-likeness (QED) is 0.440. The fourth-order valence-corrected chi connectivity index (χ4v) is 3.23. The van der Waals surface area contributed by atoms with Gasteiger partial charge >= 0.3 is 0 Å². The number of nitrogens with zero attached hydrogens (tertiary/aromatic N) is 3. The average Bonchev–Trinajstić information content (AvgIpc) is 2.83. The number of para-hydroxylation sites is 2. The Kier molecular flexibility index (Phi) is 6.32. The Morgan fingerprint density at radius 1 is 1.00 bits per heavy atom. The summed E-state index contributed by atoms with van der Waals surface area (Å²) in [4.78, 5) is 25.6. The number of nitrogens with one attached hydrogen (secondary N) is 1. The minimum absolute atomic E-state index is 0.235. The number of methoxy groups -OCH3 is 1. The van der Waals surface area contributed by atoms with Crippen LogP contribution in [0.3, 0.4) is 0 Å². The molecule has 0 aliphatic carbocycles. The van der Waals surface area contributed by atoms with Gasteiger partial charge in [0.25, 0.3) is 5.91 Å². The van der Waals surface area contributed by atoms with Gasteiger partial charge in [0.2, 0.25) is 0 Å². The molecule has 7 heteroatoms. The predicted molar refractivity (Wildman–Crippen MR) is 118 cm³/mol. The number of ether oxygens (including phenoxy) is 2. The van der Waals surface area contributed by atoms with Crippen LogP contribution in [-0.4, -0.2) is 41.1 Å². The molecule has 0 spiro atoms. The third kappa shape index (κ3) is 4.78. The van der Waals surface area contributed by atoms with Crippen LogP contribution in [0.25, 0.3) is 22.0 Å². The molecule has 31 heavy (non-hydrogen) atoms. The minimum Gasteiger partial charge on any atom is -0.493 e. The van der Waals surface area contributed by atoms with Crippen molar-refractivity contribution in [3.63, 3.8) is 0 Å². The van der Waals surface area contributed by atoms with Gasteiger partial charge in [-0.25, -0.2) is 4.98 Å². The fraction of sp³-hybridized carbons (Fsp3) is 0.167. The standard InChI is InChI=1S/C24H22N4O3/c1-30-22-7-2-3-8-23(22)31-13-5-11-27-24(29)21-14-18(17-6-4-10-25-15-17)19-16-26-12-9-20(19)28-21/h2-4,6-10,12,14-16H,5,11,13H2,1H3,(H,27,29). The molecule has 3 heterocycles. The summed E-state index contributed by atoms with van der Waals surface area (Å²) in [6.07, 6.45) is 7.54. The number of benzene rings is 1. The van der Waals surface area contributed by atoms with E-state index in [1.165, 1.54) is 0 Å². The van der Waals surface area contributed by atoms with Gasteiger partial charge in [0, 0.05) is 42.3 Å². The average molecular weight is 414 g/mol. The Morgan fingerprint density at radius 2 is 1.84 bits per heavy atom. The van der Waals surface area contributed by atoms with Crippen molar-refractivity contribution in [2.24, 2.45) is 0 Å². The van der Waals surface area contributed by atoms with E-state index in [2.05, 4.69) is 20.3 Å². The first-order chi connectivity index (χ1) is 15.3. The molecular weight excluding hydrogens is 392 g/mol. The second-order valence-electron chi connectivity index (χ2n) is 6.80. The SMILES string of the molecule is COc1ccccc1OCCCNC(=O)c1cc(-c2cccnc2)c2cnccc2n1. The number of carbonyl (C=O) groups is 1. The molecule has 4 rings (SSSR count). The maximum atomic E-state index is 12.7. The zero-order valence-corrected chi connectivity index (χ0v) is 17.1. The third-order valence-corrected chi connectivity index (χ3v) is 4.75. The Balaban J connectivity index is 1.42. The molecule has 0 saturated carbocycles. The molecule has 1 N–H and O–H groups in total. The molecule has 0 saturated heterocycles. The molecule has 7 nitrogen and oxygen atoms in total. The lowest BCUT2D eigenvalue weighted by Gasteiger charge is -2.11. The lowest BCUT2D eigenvalue weighted by atomic mass is 10.0. The summed E-state index contributed by atoms with van der Waals surface area (Å²) in [6.45, 7) is 0.921. The first-order valence-corrected chi connectivity index (χ1v) is 9.95. The number of amides is 1. The minimum atomic E-state index is -0.235. The van der Waals surface area contributed by atoms with Gasteiger partial charge < -0.3 is 14.8 Å². The molecule has 0 bridgehead atoms. The normalized spacial score (nSPS) is 10.6. The molecule has 1 amide bonds. The number of hydrogen-bond donors (Lipinski definition) is 1. The molecule has 0 atom stereocenters. The fourth-order valence-electron chi connectivity index (χ4n) is 3.23. The molecule has 0 fully saturated rings. The summed E-state index contributed by atoms with van der Waals surface area (Å²) in [5.74, 6) is 1.13. The van der Waals surface area contributed by atoms with Gasteiger partial charge in [0.05, 0.1) is 19.2 Å². The number of hydrogen-bond acceptors (Lipinski definition) is 6. The van der Waals surface area contributed by atoms with Gasteiger partial charge in [-0.2, -0.15) is 0 Å². The van der Waals surface area contributed by atoms with Crippen LogP contribution < -0.4 is 14.8 Å². The largest absolute Gasteiger partial charge is 0.493 e. The van der Waals surface area contributed by atoms with Crippen molar-refractivity contribution in [1.29, 1.82) is 0 Å². The van der Waals surface area contributed by atoms with Crippen molar-refractivity contribution in [2.75, 3.05) is 20.3 Å². The summed E-state index contributed by atoms with van der Waals surface area (Å²) in [6, 6.07) is 14.9. The molecule has 1 aromatic carbocycles. The highest BCUT2D eigenvalue weighted by Crippen LogP contribution is 2.28. The monoisotopic (exact) mass is 414 g/mol. The van der Waals surface area contributed by atoms with Crippen molar-refractivity contribution < 1.29 is 14.3 Å². The van der Waals surface area contributed by atoms with Crippen LogP contribution in [0, 0.1) is 0 Å². The molecule has 0 aliphatic heterocycles. The van der Waals surface area contributed by atoms with E-state index >= 15 is 0 Å². The van der Waals surface area contributed by atoms with E-state index in [-0.39, 0.29) is 5.91 Å². The van der Waals surface area contributed by atoms with Gasteiger partial charge in [-0.3, -0.25) is 14.8 Å². The van der Waals surface area contributed by atoms with Crippen LogP contribution in [0.5, 0.6) is 11.5 Å². The first kappa shape index (κ1) is 20.3. The summed E-state index contributed by atoms with van der Waals surface area (Å²) < 4.78 is 11.0. The van der Waals surface area contributed by atoms with Crippen molar-refractivity contribution >= 4 is 16.8 Å². The molecule has 3 aromatic heterocycles. The molecule has 0 aliphatic rings. The second kappa shape index (κ2) is 9.67.